The summed E-state index contributed by atoms with van der Waals surface area (Å²) < 4.78 is 5.29. The summed E-state index contributed by atoms with van der Waals surface area (Å²) in [5, 5.41) is 0.410. The molecule has 6 nitrogen and oxygen atoms in total. The lowest BCUT2D eigenvalue weighted by molar-refractivity contribution is -0.155. The molecule has 136 valence electrons. The predicted octanol–water partition coefficient (Wildman–Crippen LogP) is 3.75. The summed E-state index contributed by atoms with van der Waals surface area (Å²) in [6.07, 6.45) is 1.41. The average Bonchev–Trinajstić information content (AvgIpc) is 2.83. The highest BCUT2D eigenvalue weighted by Crippen LogP contribution is 2.31. The van der Waals surface area contributed by atoms with E-state index in [0.29, 0.717) is 28.4 Å². The molecule has 0 saturated heterocycles. The van der Waals surface area contributed by atoms with Gasteiger partial charge in [-0.25, -0.2) is 9.97 Å². The van der Waals surface area contributed by atoms with Crippen molar-refractivity contribution in [1.29, 1.82) is 0 Å². The van der Waals surface area contributed by atoms with Crippen LogP contribution in [-0.4, -0.2) is 38.9 Å². The molecule has 1 aromatic heterocycles. The molecule has 0 N–H and O–H groups in total. The largest absolute Gasteiger partial charge is 0.459 e. The maximum absolute atomic E-state index is 12.7. The Balaban J connectivity index is 1.83. The third kappa shape index (κ3) is 3.97. The minimum absolute atomic E-state index is 0.0720. The topological polar surface area (TPSA) is 72.4 Å². The van der Waals surface area contributed by atoms with Crippen LogP contribution in [0, 0.1) is 0 Å². The van der Waals surface area contributed by atoms with Crippen molar-refractivity contribution in [1.82, 2.24) is 14.9 Å². The number of carbonyl (C=O) groups excluding carboxylic acids is 2. The van der Waals surface area contributed by atoms with E-state index in [0.717, 1.165) is 5.56 Å². The van der Waals surface area contributed by atoms with Gasteiger partial charge in [0.05, 0.1) is 16.9 Å². The van der Waals surface area contributed by atoms with E-state index in [1.54, 1.807) is 26.8 Å². The van der Waals surface area contributed by atoms with Crippen LogP contribution in [0.1, 0.15) is 36.7 Å². The van der Waals surface area contributed by atoms with Crippen LogP contribution in [0.15, 0.2) is 24.4 Å². The number of nitrogens with zero attached hydrogens (tertiary/aromatic N) is 3. The maximum atomic E-state index is 12.7. The van der Waals surface area contributed by atoms with Gasteiger partial charge in [0, 0.05) is 17.7 Å². The van der Waals surface area contributed by atoms with Gasteiger partial charge in [-0.1, -0.05) is 23.7 Å². The first-order valence-electron chi connectivity index (χ1n) is 7.96. The molecule has 1 aliphatic heterocycles. The molecular weight excluding hydrogens is 377 g/mol. The lowest BCUT2D eigenvalue weighted by Crippen LogP contribution is -2.35. The number of amides is 1. The predicted molar refractivity (Wildman–Crippen MR) is 98.1 cm³/mol. The summed E-state index contributed by atoms with van der Waals surface area (Å²) >= 11 is 12.0. The monoisotopic (exact) mass is 393 g/mol. The van der Waals surface area contributed by atoms with E-state index in [1.165, 1.54) is 11.1 Å². The molecule has 1 aliphatic rings. The second-order valence-corrected chi connectivity index (χ2v) is 7.70. The van der Waals surface area contributed by atoms with E-state index in [2.05, 4.69) is 9.97 Å². The van der Waals surface area contributed by atoms with Crippen molar-refractivity contribution in [2.45, 2.75) is 32.9 Å². The van der Waals surface area contributed by atoms with Crippen LogP contribution in [0.25, 0.3) is 11.3 Å². The number of halogens is 2. The number of hydrogen-bond donors (Lipinski definition) is 0. The Kier molecular flexibility index (Phi) is 4.90. The van der Waals surface area contributed by atoms with Crippen LogP contribution in [0.3, 0.4) is 0 Å². The van der Waals surface area contributed by atoms with Gasteiger partial charge in [-0.2, -0.15) is 0 Å². The molecule has 0 spiro atoms. The Labute approximate surface area is 161 Å². The number of esters is 1. The molecule has 8 heteroatoms. The number of ether oxygens (including phenoxy) is 1. The standard InChI is InChI=1S/C18H17Cl2N3O3/c1-18(2,3)26-14(24)9-23-8-11-5-4-10(6-12(11)16(23)25)15-13(19)7-21-17(20)22-15/h4-7H,8-9H2,1-3H3. The summed E-state index contributed by atoms with van der Waals surface area (Å²) in [6.45, 7) is 5.61. The van der Waals surface area contributed by atoms with Crippen LogP contribution in [0.5, 0.6) is 0 Å². The summed E-state index contributed by atoms with van der Waals surface area (Å²) in [5.74, 6) is -0.673. The van der Waals surface area contributed by atoms with Gasteiger partial charge in [-0.15, -0.1) is 0 Å². The van der Waals surface area contributed by atoms with Crippen molar-refractivity contribution < 1.29 is 14.3 Å². The highest BCUT2D eigenvalue weighted by molar-refractivity contribution is 6.33. The first-order chi connectivity index (χ1) is 12.1. The quantitative estimate of drug-likeness (QED) is 0.586. The second kappa shape index (κ2) is 6.85. The van der Waals surface area contributed by atoms with Crippen molar-refractivity contribution in [3.8, 4) is 11.3 Å². The lowest BCUT2D eigenvalue weighted by atomic mass is 10.0. The molecule has 2 aromatic rings. The number of rotatable bonds is 3. The Morgan fingerprint density at radius 1 is 1.31 bits per heavy atom. The number of hydrogen-bond acceptors (Lipinski definition) is 5. The van der Waals surface area contributed by atoms with Crippen molar-refractivity contribution in [2.75, 3.05) is 6.54 Å². The summed E-state index contributed by atoms with van der Waals surface area (Å²) in [7, 11) is 0. The molecule has 0 atom stereocenters. The molecule has 0 fully saturated rings. The van der Waals surface area contributed by atoms with E-state index < -0.39 is 11.6 Å². The van der Waals surface area contributed by atoms with Gasteiger partial charge in [0.25, 0.3) is 5.91 Å². The van der Waals surface area contributed by atoms with Crippen molar-refractivity contribution in [3.05, 3.63) is 45.8 Å². The molecular formula is C18H17Cl2N3O3. The molecule has 26 heavy (non-hydrogen) atoms. The maximum Gasteiger partial charge on any atom is 0.326 e. The zero-order valence-electron chi connectivity index (χ0n) is 14.5. The molecule has 0 aliphatic carbocycles. The van der Waals surface area contributed by atoms with Gasteiger partial charge in [0.1, 0.15) is 12.1 Å². The fourth-order valence-corrected chi connectivity index (χ4v) is 3.05. The van der Waals surface area contributed by atoms with E-state index >= 15 is 0 Å². The highest BCUT2D eigenvalue weighted by Gasteiger charge is 2.30. The Hall–Kier alpha value is -2.18. The molecule has 0 radical (unpaired) electrons. The van der Waals surface area contributed by atoms with Crippen LogP contribution in [0.2, 0.25) is 10.3 Å². The average molecular weight is 394 g/mol. The first-order valence-corrected chi connectivity index (χ1v) is 8.72. The van der Waals surface area contributed by atoms with Gasteiger partial charge < -0.3 is 9.64 Å². The van der Waals surface area contributed by atoms with Gasteiger partial charge in [-0.3, -0.25) is 9.59 Å². The minimum atomic E-state index is -0.594. The third-order valence-electron chi connectivity index (χ3n) is 3.72. The van der Waals surface area contributed by atoms with Gasteiger partial charge in [0.15, 0.2) is 0 Å². The third-order valence-corrected chi connectivity index (χ3v) is 4.18. The molecule has 3 rings (SSSR count). The van der Waals surface area contributed by atoms with E-state index in [4.69, 9.17) is 27.9 Å². The Morgan fingerprint density at radius 2 is 2.04 bits per heavy atom. The smallest absolute Gasteiger partial charge is 0.326 e. The van der Waals surface area contributed by atoms with E-state index in [9.17, 15) is 9.59 Å². The molecule has 1 aromatic carbocycles. The van der Waals surface area contributed by atoms with Crippen molar-refractivity contribution >= 4 is 35.1 Å². The molecule has 0 bridgehead atoms. The number of carbonyl (C=O) groups is 2. The van der Waals surface area contributed by atoms with E-state index in [1.807, 2.05) is 12.1 Å². The van der Waals surface area contributed by atoms with Crippen molar-refractivity contribution in [2.24, 2.45) is 0 Å². The Bertz CT molecular complexity index is 894. The summed E-state index contributed by atoms with van der Waals surface area (Å²) in [6, 6.07) is 5.34. The first kappa shape index (κ1) is 18.6. The minimum Gasteiger partial charge on any atom is -0.459 e. The summed E-state index contributed by atoms with van der Waals surface area (Å²) in [5.41, 5.74) is 1.86. The molecule has 2 heterocycles. The van der Waals surface area contributed by atoms with E-state index in [-0.39, 0.29) is 17.7 Å². The SMILES string of the molecule is CC(C)(C)OC(=O)CN1Cc2ccc(-c3nc(Cl)ncc3Cl)cc2C1=O. The van der Waals surface area contributed by atoms with Gasteiger partial charge >= 0.3 is 5.97 Å². The Morgan fingerprint density at radius 3 is 2.73 bits per heavy atom. The summed E-state index contributed by atoms with van der Waals surface area (Å²) in [4.78, 5) is 34.1. The van der Waals surface area contributed by atoms with Gasteiger partial charge in [-0.05, 0) is 44.0 Å². The van der Waals surface area contributed by atoms with Crippen LogP contribution >= 0.6 is 23.2 Å². The molecule has 1 amide bonds. The zero-order chi connectivity index (χ0) is 19.1. The lowest BCUT2D eigenvalue weighted by Gasteiger charge is -2.22. The second-order valence-electron chi connectivity index (χ2n) is 6.96. The molecule has 0 unspecified atom stereocenters. The van der Waals surface area contributed by atoms with Crippen LogP contribution in [0.4, 0.5) is 0 Å². The fourth-order valence-electron chi connectivity index (χ4n) is 2.71. The normalized spacial score (nSPS) is 13.7. The van der Waals surface area contributed by atoms with Crippen molar-refractivity contribution in [3.63, 3.8) is 0 Å². The molecule has 0 saturated carbocycles. The number of aromatic nitrogens is 2. The van der Waals surface area contributed by atoms with Crippen LogP contribution < -0.4 is 0 Å². The fraction of sp³-hybridized carbons (Fsp3) is 0.333. The number of benzene rings is 1. The highest BCUT2D eigenvalue weighted by atomic mass is 35.5. The van der Waals surface area contributed by atoms with Gasteiger partial charge in [0.2, 0.25) is 5.28 Å². The number of fused-ring (bicyclic) bond motifs is 1. The zero-order valence-corrected chi connectivity index (χ0v) is 16.1. The van der Waals surface area contributed by atoms with Crippen LogP contribution in [-0.2, 0) is 16.1 Å².